The molecule has 2 aromatic carbocycles. The second-order valence-electron chi connectivity index (χ2n) is 8.53. The molecule has 0 radical (unpaired) electrons. The van der Waals surface area contributed by atoms with Gasteiger partial charge in [-0.2, -0.15) is 5.10 Å². The minimum Gasteiger partial charge on any atom is -0.494 e. The Balaban J connectivity index is 1.35. The summed E-state index contributed by atoms with van der Waals surface area (Å²) in [5.41, 5.74) is 0.346. The molecule has 0 spiro atoms. The fourth-order valence-electron chi connectivity index (χ4n) is 4.41. The number of benzene rings is 2. The highest BCUT2D eigenvalue weighted by molar-refractivity contribution is 5.94. The topological polar surface area (TPSA) is 102 Å². The molecule has 1 N–H and O–H groups in total. The van der Waals surface area contributed by atoms with Gasteiger partial charge in [0, 0.05) is 18.7 Å². The molecule has 9 nitrogen and oxygen atoms in total. The number of fused-ring (bicyclic) bond motifs is 1. The third-order valence-electron chi connectivity index (χ3n) is 6.33. The van der Waals surface area contributed by atoms with E-state index in [1.54, 1.807) is 28.8 Å². The van der Waals surface area contributed by atoms with Crippen LogP contribution in [-0.2, 0) is 6.54 Å². The summed E-state index contributed by atoms with van der Waals surface area (Å²) in [6, 6.07) is 16.5. The number of carbonyl (C=O) groups excluding carboxylic acids is 1. The second kappa shape index (κ2) is 8.75. The molecule has 34 heavy (non-hydrogen) atoms. The van der Waals surface area contributed by atoms with Gasteiger partial charge in [0.1, 0.15) is 23.2 Å². The van der Waals surface area contributed by atoms with Crippen molar-refractivity contribution in [2.75, 3.05) is 20.2 Å². The van der Waals surface area contributed by atoms with Crippen molar-refractivity contribution in [2.45, 2.75) is 25.0 Å². The third kappa shape index (κ3) is 3.94. The number of likely N-dealkylation sites (tertiary alicyclic amines) is 1. The lowest BCUT2D eigenvalue weighted by Crippen LogP contribution is -2.49. The molecule has 1 aliphatic rings. The van der Waals surface area contributed by atoms with E-state index >= 15 is 0 Å². The van der Waals surface area contributed by atoms with E-state index in [9.17, 15) is 14.7 Å². The van der Waals surface area contributed by atoms with Crippen molar-refractivity contribution in [3.63, 3.8) is 0 Å². The van der Waals surface area contributed by atoms with E-state index in [4.69, 9.17) is 4.74 Å². The van der Waals surface area contributed by atoms with Crippen LogP contribution in [0.4, 0.5) is 0 Å². The largest absolute Gasteiger partial charge is 0.494 e. The molecule has 1 fully saturated rings. The van der Waals surface area contributed by atoms with Crippen molar-refractivity contribution >= 4 is 16.9 Å². The molecule has 1 aliphatic heterocycles. The molecular formula is C25H25N5O4. The first-order valence-electron chi connectivity index (χ1n) is 11.1. The van der Waals surface area contributed by atoms with E-state index in [1.165, 1.54) is 17.1 Å². The predicted octanol–water partition coefficient (Wildman–Crippen LogP) is 2.26. The number of aliphatic hydroxyl groups is 1. The highest BCUT2D eigenvalue weighted by Crippen LogP contribution is 2.26. The highest BCUT2D eigenvalue weighted by Gasteiger charge is 2.35. The van der Waals surface area contributed by atoms with Crippen molar-refractivity contribution in [1.29, 1.82) is 0 Å². The van der Waals surface area contributed by atoms with Gasteiger partial charge in [-0.15, -0.1) is 0 Å². The molecule has 0 atom stereocenters. The maximum atomic E-state index is 13.2. The molecule has 0 bridgehead atoms. The Morgan fingerprint density at radius 3 is 2.53 bits per heavy atom. The van der Waals surface area contributed by atoms with Crippen LogP contribution in [0.25, 0.3) is 16.7 Å². The Bertz CT molecular complexity index is 1390. The molecule has 0 unspecified atom stereocenters. The highest BCUT2D eigenvalue weighted by atomic mass is 16.5. The lowest BCUT2D eigenvalue weighted by molar-refractivity contribution is -0.0299. The van der Waals surface area contributed by atoms with Gasteiger partial charge in [0.15, 0.2) is 5.65 Å². The summed E-state index contributed by atoms with van der Waals surface area (Å²) < 4.78 is 8.40. The molecule has 0 aliphatic carbocycles. The van der Waals surface area contributed by atoms with E-state index in [-0.39, 0.29) is 18.0 Å². The Morgan fingerprint density at radius 2 is 1.79 bits per heavy atom. The molecule has 2 aromatic heterocycles. The zero-order valence-corrected chi connectivity index (χ0v) is 18.8. The summed E-state index contributed by atoms with van der Waals surface area (Å²) in [5.74, 6) is 0.566. The van der Waals surface area contributed by atoms with Crippen molar-refractivity contribution < 1.29 is 14.6 Å². The molecule has 9 heteroatoms. The number of para-hydroxylation sites is 2. The summed E-state index contributed by atoms with van der Waals surface area (Å²) >= 11 is 0. The van der Waals surface area contributed by atoms with E-state index in [0.29, 0.717) is 54.0 Å². The van der Waals surface area contributed by atoms with E-state index in [1.807, 2.05) is 42.5 Å². The quantitative estimate of drug-likeness (QED) is 0.491. The minimum atomic E-state index is -1.11. The lowest BCUT2D eigenvalue weighted by atomic mass is 9.91. The van der Waals surface area contributed by atoms with Crippen molar-refractivity contribution in [3.05, 3.63) is 83.0 Å². The number of ether oxygens (including phenoxy) is 1. The summed E-state index contributed by atoms with van der Waals surface area (Å²) in [6.07, 6.45) is 3.67. The van der Waals surface area contributed by atoms with Gasteiger partial charge in [0.05, 0.1) is 25.5 Å². The number of methoxy groups -OCH3 is 1. The van der Waals surface area contributed by atoms with Gasteiger partial charge in [0.25, 0.3) is 11.5 Å². The molecule has 174 valence electrons. The maximum absolute atomic E-state index is 13.2. The van der Waals surface area contributed by atoms with E-state index in [2.05, 4.69) is 10.1 Å². The van der Waals surface area contributed by atoms with Gasteiger partial charge >= 0.3 is 0 Å². The number of carbonyl (C=O) groups is 1. The number of nitrogens with zero attached hydrogens (tertiary/aromatic N) is 5. The fraction of sp³-hybridized carbons (Fsp3) is 0.280. The number of hydrogen-bond acceptors (Lipinski definition) is 6. The molecular weight excluding hydrogens is 434 g/mol. The Kier molecular flexibility index (Phi) is 5.62. The summed E-state index contributed by atoms with van der Waals surface area (Å²) in [5, 5.41) is 15.9. The van der Waals surface area contributed by atoms with Crippen molar-refractivity contribution in [2.24, 2.45) is 0 Å². The molecule has 4 aromatic rings. The molecule has 5 rings (SSSR count). The lowest BCUT2D eigenvalue weighted by Gasteiger charge is -2.38. The van der Waals surface area contributed by atoms with Gasteiger partial charge in [0.2, 0.25) is 0 Å². The normalized spacial score (nSPS) is 15.4. The molecule has 3 heterocycles. The van der Waals surface area contributed by atoms with Crippen molar-refractivity contribution in [1.82, 2.24) is 24.2 Å². The number of aromatic nitrogens is 4. The van der Waals surface area contributed by atoms with Gasteiger partial charge in [-0.3, -0.25) is 14.2 Å². The SMILES string of the molecule is COc1ccccc1-n1ncc2c(=O)n(CC3(O)CCN(C(=O)c4ccccc4)CC3)cnc21. The average Bonchev–Trinajstić information content (AvgIpc) is 3.31. The van der Waals surface area contributed by atoms with Gasteiger partial charge in [-0.25, -0.2) is 9.67 Å². The van der Waals surface area contributed by atoms with Gasteiger partial charge in [-0.05, 0) is 37.1 Å². The summed E-state index contributed by atoms with van der Waals surface area (Å²) in [6.45, 7) is 0.933. The number of piperidine rings is 1. The Morgan fingerprint density at radius 1 is 1.09 bits per heavy atom. The standard InChI is InChI=1S/C25H25N5O4/c1-34-21-10-6-5-9-20(21)30-22-19(15-27-30)24(32)29(17-26-22)16-25(33)11-13-28(14-12-25)23(31)18-7-3-2-4-8-18/h2-10,15,17,33H,11-14,16H2,1H3. The average molecular weight is 460 g/mol. The van der Waals surface area contributed by atoms with Crippen LogP contribution in [0, 0.1) is 0 Å². The first-order chi connectivity index (χ1) is 16.5. The Hall–Kier alpha value is -3.98. The molecule has 1 amide bonds. The van der Waals surface area contributed by atoms with Crippen LogP contribution in [-0.4, -0.2) is 61.0 Å². The van der Waals surface area contributed by atoms with E-state index in [0.717, 1.165) is 0 Å². The monoisotopic (exact) mass is 459 g/mol. The smallest absolute Gasteiger partial charge is 0.264 e. The van der Waals surface area contributed by atoms with Gasteiger partial charge < -0.3 is 14.7 Å². The zero-order chi connectivity index (χ0) is 23.7. The van der Waals surface area contributed by atoms with Crippen LogP contribution in [0.3, 0.4) is 0 Å². The van der Waals surface area contributed by atoms with Gasteiger partial charge in [-0.1, -0.05) is 30.3 Å². The van der Waals surface area contributed by atoms with Crippen LogP contribution < -0.4 is 10.3 Å². The predicted molar refractivity (Wildman–Crippen MR) is 126 cm³/mol. The van der Waals surface area contributed by atoms with Crippen LogP contribution in [0.15, 0.2) is 71.9 Å². The van der Waals surface area contributed by atoms with Crippen LogP contribution in [0.1, 0.15) is 23.2 Å². The minimum absolute atomic E-state index is 0.0494. The third-order valence-corrected chi connectivity index (χ3v) is 6.33. The summed E-state index contributed by atoms with van der Waals surface area (Å²) in [7, 11) is 1.57. The molecule has 0 saturated carbocycles. The van der Waals surface area contributed by atoms with E-state index < -0.39 is 5.60 Å². The number of rotatable bonds is 5. The van der Waals surface area contributed by atoms with Crippen LogP contribution in [0.5, 0.6) is 5.75 Å². The first kappa shape index (κ1) is 21.8. The summed E-state index contributed by atoms with van der Waals surface area (Å²) in [4.78, 5) is 32.1. The van der Waals surface area contributed by atoms with Crippen LogP contribution in [0.2, 0.25) is 0 Å². The number of amides is 1. The maximum Gasteiger partial charge on any atom is 0.264 e. The first-order valence-corrected chi connectivity index (χ1v) is 11.1. The van der Waals surface area contributed by atoms with Crippen molar-refractivity contribution in [3.8, 4) is 11.4 Å². The zero-order valence-electron chi connectivity index (χ0n) is 18.8. The molecule has 1 saturated heterocycles. The Labute approximate surface area is 195 Å². The number of hydrogen-bond donors (Lipinski definition) is 1. The second-order valence-corrected chi connectivity index (χ2v) is 8.53. The van der Waals surface area contributed by atoms with Crippen LogP contribution >= 0.6 is 0 Å². The fourth-order valence-corrected chi connectivity index (χ4v) is 4.41.